The second kappa shape index (κ2) is 7.24. The lowest BCUT2D eigenvalue weighted by Gasteiger charge is -2.15. The van der Waals surface area contributed by atoms with Crippen LogP contribution in [0.1, 0.15) is 39.3 Å². The Morgan fingerprint density at radius 3 is 2.81 bits per heavy atom. The summed E-state index contributed by atoms with van der Waals surface area (Å²) >= 11 is 0. The van der Waals surface area contributed by atoms with Crippen molar-refractivity contribution in [2.24, 2.45) is 11.1 Å². The van der Waals surface area contributed by atoms with E-state index in [4.69, 9.17) is 10.5 Å². The van der Waals surface area contributed by atoms with E-state index in [1.165, 1.54) is 0 Å². The average molecular weight is 317 g/mol. The average Bonchev–Trinajstić information content (AvgIpc) is 2.96. The van der Waals surface area contributed by atoms with Crippen molar-refractivity contribution in [1.82, 2.24) is 10.2 Å². The van der Waals surface area contributed by atoms with Gasteiger partial charge in [-0.15, -0.1) is 12.4 Å². The van der Waals surface area contributed by atoms with E-state index in [2.05, 4.69) is 36.3 Å². The first kappa shape index (κ1) is 17.9. The zero-order valence-electron chi connectivity index (χ0n) is 12.8. The molecule has 0 aliphatic carbocycles. The molecule has 7 heteroatoms. The lowest BCUT2D eigenvalue weighted by atomic mass is 9.91. The number of aromatic amines is 1. The van der Waals surface area contributed by atoms with Gasteiger partial charge < -0.3 is 15.8 Å². The molecule has 120 valence electrons. The quantitative estimate of drug-likeness (QED) is 0.790. The Bertz CT molecular complexity index is 470. The molecule has 0 radical (unpaired) electrons. The van der Waals surface area contributed by atoms with Crippen LogP contribution in [0, 0.1) is 5.41 Å². The highest BCUT2D eigenvalue weighted by Crippen LogP contribution is 2.22. The van der Waals surface area contributed by atoms with E-state index in [-0.39, 0.29) is 29.8 Å². The lowest BCUT2D eigenvalue weighted by Crippen LogP contribution is -2.29. The fraction of sp³-hybridized carbons (Fsp3) is 0.714. The van der Waals surface area contributed by atoms with Gasteiger partial charge in [-0.1, -0.05) is 20.8 Å². The Labute approximate surface area is 131 Å². The SMILES string of the molecule is CC(C)(C)Cc1cc(NC(=O)[C@@H]2CC[C@H](CN)O2)n[nH]1.Cl. The maximum atomic E-state index is 12.0. The zero-order chi connectivity index (χ0) is 14.8. The van der Waals surface area contributed by atoms with Crippen LogP contribution in [0.2, 0.25) is 0 Å². The molecule has 1 amide bonds. The largest absolute Gasteiger partial charge is 0.364 e. The Morgan fingerprint density at radius 1 is 1.52 bits per heavy atom. The third-order valence-electron chi connectivity index (χ3n) is 3.27. The molecule has 1 aliphatic rings. The summed E-state index contributed by atoms with van der Waals surface area (Å²) in [5, 5.41) is 9.85. The summed E-state index contributed by atoms with van der Waals surface area (Å²) in [6, 6.07) is 1.87. The molecule has 1 aliphatic heterocycles. The van der Waals surface area contributed by atoms with E-state index in [1.807, 2.05) is 6.07 Å². The first-order valence-corrected chi connectivity index (χ1v) is 7.08. The number of hydrogen-bond donors (Lipinski definition) is 3. The van der Waals surface area contributed by atoms with Crippen LogP contribution in [0.5, 0.6) is 0 Å². The molecule has 0 bridgehead atoms. The molecule has 2 atom stereocenters. The van der Waals surface area contributed by atoms with Crippen molar-refractivity contribution in [2.75, 3.05) is 11.9 Å². The number of nitrogens with zero attached hydrogens (tertiary/aromatic N) is 1. The molecule has 0 aromatic carbocycles. The standard InChI is InChI=1S/C14H24N4O2.ClH/c1-14(2,3)7-9-6-12(18-17-9)16-13(19)11-5-4-10(8-15)20-11;/h6,10-11H,4-5,7-8,15H2,1-3H3,(H2,16,17,18,19);1H/t10-,11+;/m1./s1. The third-order valence-corrected chi connectivity index (χ3v) is 3.27. The molecule has 21 heavy (non-hydrogen) atoms. The highest BCUT2D eigenvalue weighted by Gasteiger charge is 2.30. The van der Waals surface area contributed by atoms with E-state index >= 15 is 0 Å². The molecule has 4 N–H and O–H groups in total. The van der Waals surface area contributed by atoms with Crippen molar-refractivity contribution in [1.29, 1.82) is 0 Å². The van der Waals surface area contributed by atoms with Crippen molar-refractivity contribution in [3.8, 4) is 0 Å². The predicted molar refractivity (Wildman–Crippen MR) is 84.6 cm³/mol. The van der Waals surface area contributed by atoms with Gasteiger partial charge in [-0.3, -0.25) is 9.89 Å². The zero-order valence-corrected chi connectivity index (χ0v) is 13.6. The van der Waals surface area contributed by atoms with Gasteiger partial charge in [0.15, 0.2) is 5.82 Å². The van der Waals surface area contributed by atoms with E-state index in [0.717, 1.165) is 18.5 Å². The summed E-state index contributed by atoms with van der Waals surface area (Å²) in [4.78, 5) is 12.0. The first-order chi connectivity index (χ1) is 9.37. The molecule has 2 heterocycles. The second-order valence-electron chi connectivity index (χ2n) is 6.56. The van der Waals surface area contributed by atoms with Crippen molar-refractivity contribution < 1.29 is 9.53 Å². The number of nitrogens with one attached hydrogen (secondary N) is 2. The number of rotatable bonds is 4. The Morgan fingerprint density at radius 2 is 2.24 bits per heavy atom. The van der Waals surface area contributed by atoms with Gasteiger partial charge >= 0.3 is 0 Å². The van der Waals surface area contributed by atoms with E-state index in [1.54, 1.807) is 0 Å². The van der Waals surface area contributed by atoms with Crippen LogP contribution >= 0.6 is 12.4 Å². The van der Waals surface area contributed by atoms with Crippen molar-refractivity contribution in [3.63, 3.8) is 0 Å². The van der Waals surface area contributed by atoms with Gasteiger partial charge in [0.05, 0.1) is 6.10 Å². The number of carbonyl (C=O) groups excluding carboxylic acids is 1. The number of ether oxygens (including phenoxy) is 1. The summed E-state index contributed by atoms with van der Waals surface area (Å²) in [7, 11) is 0. The number of hydrogen-bond acceptors (Lipinski definition) is 4. The summed E-state index contributed by atoms with van der Waals surface area (Å²) in [5.41, 5.74) is 6.73. The molecule has 1 aromatic rings. The summed E-state index contributed by atoms with van der Waals surface area (Å²) in [5.74, 6) is 0.406. The first-order valence-electron chi connectivity index (χ1n) is 7.08. The predicted octanol–water partition coefficient (Wildman–Crippen LogP) is 1.86. The number of anilines is 1. The van der Waals surface area contributed by atoms with Gasteiger partial charge in [-0.05, 0) is 24.7 Å². The Hall–Kier alpha value is -1.11. The minimum Gasteiger partial charge on any atom is -0.364 e. The van der Waals surface area contributed by atoms with E-state index in [9.17, 15) is 4.79 Å². The second-order valence-corrected chi connectivity index (χ2v) is 6.56. The minimum atomic E-state index is -0.411. The highest BCUT2D eigenvalue weighted by atomic mass is 35.5. The van der Waals surface area contributed by atoms with Gasteiger partial charge in [0.25, 0.3) is 5.91 Å². The molecule has 0 saturated carbocycles. The molecular weight excluding hydrogens is 292 g/mol. The van der Waals surface area contributed by atoms with Crippen LogP contribution in [0.25, 0.3) is 0 Å². The van der Waals surface area contributed by atoms with Crippen molar-refractivity contribution >= 4 is 24.1 Å². The number of amides is 1. The van der Waals surface area contributed by atoms with Crippen LogP contribution in [-0.2, 0) is 16.0 Å². The summed E-state index contributed by atoms with van der Waals surface area (Å²) in [6.45, 7) is 6.93. The molecule has 1 aromatic heterocycles. The summed E-state index contributed by atoms with van der Waals surface area (Å²) in [6.07, 6.45) is 2.02. The van der Waals surface area contributed by atoms with Crippen molar-refractivity contribution in [2.45, 2.75) is 52.2 Å². The van der Waals surface area contributed by atoms with Crippen LogP contribution in [0.3, 0.4) is 0 Å². The molecule has 2 rings (SSSR count). The lowest BCUT2D eigenvalue weighted by molar-refractivity contribution is -0.126. The van der Waals surface area contributed by atoms with Gasteiger partial charge in [-0.2, -0.15) is 5.10 Å². The number of halogens is 1. The smallest absolute Gasteiger partial charge is 0.254 e. The fourth-order valence-electron chi connectivity index (χ4n) is 2.37. The Balaban J connectivity index is 0.00000220. The Kier molecular flexibility index (Phi) is 6.19. The molecule has 0 unspecified atom stereocenters. The van der Waals surface area contributed by atoms with Crippen LogP contribution < -0.4 is 11.1 Å². The van der Waals surface area contributed by atoms with Crippen molar-refractivity contribution in [3.05, 3.63) is 11.8 Å². The summed E-state index contributed by atoms with van der Waals surface area (Å²) < 4.78 is 5.56. The molecule has 0 spiro atoms. The van der Waals surface area contributed by atoms with Gasteiger partial charge in [-0.25, -0.2) is 0 Å². The highest BCUT2D eigenvalue weighted by molar-refractivity contribution is 5.93. The topological polar surface area (TPSA) is 93.0 Å². The molecular formula is C14H25ClN4O2. The van der Waals surface area contributed by atoms with Crippen LogP contribution in [0.15, 0.2) is 6.07 Å². The maximum Gasteiger partial charge on any atom is 0.254 e. The number of H-pyrrole nitrogens is 1. The molecule has 6 nitrogen and oxygen atoms in total. The minimum absolute atomic E-state index is 0. The monoisotopic (exact) mass is 316 g/mol. The fourth-order valence-corrected chi connectivity index (χ4v) is 2.37. The van der Waals surface area contributed by atoms with Gasteiger partial charge in [0, 0.05) is 18.3 Å². The number of aromatic nitrogens is 2. The van der Waals surface area contributed by atoms with E-state index < -0.39 is 6.10 Å². The van der Waals surface area contributed by atoms with Crippen LogP contribution in [-0.4, -0.2) is 34.9 Å². The third kappa shape index (κ3) is 5.30. The van der Waals surface area contributed by atoms with Crippen LogP contribution in [0.4, 0.5) is 5.82 Å². The molecule has 1 fully saturated rings. The normalized spacial score (nSPS) is 21.9. The van der Waals surface area contributed by atoms with E-state index in [0.29, 0.717) is 18.8 Å². The molecule has 1 saturated heterocycles. The van der Waals surface area contributed by atoms with Gasteiger partial charge in [0.1, 0.15) is 6.10 Å². The number of carbonyl (C=O) groups is 1. The van der Waals surface area contributed by atoms with Gasteiger partial charge in [0.2, 0.25) is 0 Å². The maximum absolute atomic E-state index is 12.0. The number of nitrogens with two attached hydrogens (primary N) is 1.